The number of amides is 2. The Kier molecular flexibility index (Phi) is 4.79. The second-order valence-electron chi connectivity index (χ2n) is 7.73. The molecule has 2 aliphatic heterocycles. The highest BCUT2D eigenvalue weighted by Gasteiger charge is 2.50. The summed E-state index contributed by atoms with van der Waals surface area (Å²) in [6.07, 6.45) is 3.29. The molecule has 0 spiro atoms. The number of carbonyl (C=O) groups is 2. The average molecular weight is 379 g/mol. The van der Waals surface area contributed by atoms with E-state index in [9.17, 15) is 14.7 Å². The lowest BCUT2D eigenvalue weighted by molar-refractivity contribution is -0.132. The first-order valence-electron chi connectivity index (χ1n) is 9.78. The summed E-state index contributed by atoms with van der Waals surface area (Å²) in [4.78, 5) is 33.2. The normalized spacial score (nSPS) is 23.7. The molecular formula is C22H25N3O3. The SMILES string of the molecule is CCC(=O)N1C[C@@H]2CN(C(=O)c3ccncc3O)C[C@@H]2[C@H]1c1ccccc1C. The average Bonchev–Trinajstić information content (AvgIpc) is 3.26. The molecule has 2 fully saturated rings. The number of carbonyl (C=O) groups excluding carboxylic acids is 2. The predicted molar refractivity (Wildman–Crippen MR) is 105 cm³/mol. The number of benzene rings is 1. The Morgan fingerprint density at radius 1 is 1.18 bits per heavy atom. The zero-order chi connectivity index (χ0) is 19.8. The summed E-state index contributed by atoms with van der Waals surface area (Å²) in [7, 11) is 0. The van der Waals surface area contributed by atoms with E-state index in [2.05, 4.69) is 24.0 Å². The zero-order valence-corrected chi connectivity index (χ0v) is 16.2. The molecule has 6 heteroatoms. The van der Waals surface area contributed by atoms with Gasteiger partial charge in [0.1, 0.15) is 5.75 Å². The number of likely N-dealkylation sites (tertiary alicyclic amines) is 2. The van der Waals surface area contributed by atoms with Gasteiger partial charge in [0, 0.05) is 44.1 Å². The molecule has 28 heavy (non-hydrogen) atoms. The lowest BCUT2D eigenvalue weighted by Gasteiger charge is -2.31. The fraction of sp³-hybridized carbons (Fsp3) is 0.409. The van der Waals surface area contributed by atoms with Crippen LogP contribution < -0.4 is 0 Å². The second kappa shape index (κ2) is 7.26. The molecule has 1 aromatic carbocycles. The van der Waals surface area contributed by atoms with Gasteiger partial charge in [-0.2, -0.15) is 0 Å². The van der Waals surface area contributed by atoms with Crippen molar-refractivity contribution in [3.8, 4) is 5.75 Å². The van der Waals surface area contributed by atoms with Crippen molar-refractivity contribution in [2.24, 2.45) is 11.8 Å². The quantitative estimate of drug-likeness (QED) is 0.890. The molecule has 6 nitrogen and oxygen atoms in total. The third-order valence-electron chi connectivity index (χ3n) is 6.11. The molecule has 0 bridgehead atoms. The van der Waals surface area contributed by atoms with Gasteiger partial charge in [-0.3, -0.25) is 14.6 Å². The van der Waals surface area contributed by atoms with Crippen molar-refractivity contribution in [2.75, 3.05) is 19.6 Å². The topological polar surface area (TPSA) is 73.7 Å². The molecule has 3 heterocycles. The van der Waals surface area contributed by atoms with Gasteiger partial charge in [-0.1, -0.05) is 31.2 Å². The minimum atomic E-state index is -0.175. The molecule has 2 saturated heterocycles. The first-order chi connectivity index (χ1) is 13.5. The van der Waals surface area contributed by atoms with Crippen LogP contribution in [0.2, 0.25) is 0 Å². The maximum atomic E-state index is 12.9. The van der Waals surface area contributed by atoms with Gasteiger partial charge >= 0.3 is 0 Å². The Labute approximate surface area is 164 Å². The molecule has 0 radical (unpaired) electrons. The third-order valence-corrected chi connectivity index (χ3v) is 6.11. The molecule has 2 aromatic rings. The number of fused-ring (bicyclic) bond motifs is 1. The van der Waals surface area contributed by atoms with Crippen molar-refractivity contribution < 1.29 is 14.7 Å². The minimum absolute atomic E-state index is 0.0116. The summed E-state index contributed by atoms with van der Waals surface area (Å²) in [5.74, 6) is 0.332. The highest BCUT2D eigenvalue weighted by molar-refractivity contribution is 5.96. The first-order valence-corrected chi connectivity index (χ1v) is 9.78. The van der Waals surface area contributed by atoms with Crippen molar-refractivity contribution in [3.05, 3.63) is 59.4 Å². The Balaban J connectivity index is 1.63. The monoisotopic (exact) mass is 379 g/mol. The summed E-state index contributed by atoms with van der Waals surface area (Å²) < 4.78 is 0. The molecule has 2 aliphatic rings. The van der Waals surface area contributed by atoms with Gasteiger partial charge in [0.2, 0.25) is 5.91 Å². The van der Waals surface area contributed by atoms with E-state index in [-0.39, 0.29) is 41.0 Å². The molecule has 3 atom stereocenters. The van der Waals surface area contributed by atoms with Gasteiger partial charge in [0.25, 0.3) is 5.91 Å². The minimum Gasteiger partial charge on any atom is -0.505 e. The van der Waals surface area contributed by atoms with Crippen LogP contribution in [0.1, 0.15) is 40.9 Å². The van der Waals surface area contributed by atoms with E-state index in [4.69, 9.17) is 0 Å². The van der Waals surface area contributed by atoms with E-state index in [0.29, 0.717) is 26.1 Å². The maximum Gasteiger partial charge on any atom is 0.257 e. The number of aromatic nitrogens is 1. The van der Waals surface area contributed by atoms with E-state index >= 15 is 0 Å². The second-order valence-corrected chi connectivity index (χ2v) is 7.73. The molecule has 1 N–H and O–H groups in total. The number of aromatic hydroxyl groups is 1. The first kappa shape index (κ1) is 18.5. The highest BCUT2D eigenvalue weighted by atomic mass is 16.3. The van der Waals surface area contributed by atoms with Gasteiger partial charge in [0.15, 0.2) is 0 Å². The van der Waals surface area contributed by atoms with Crippen molar-refractivity contribution in [1.82, 2.24) is 14.8 Å². The van der Waals surface area contributed by atoms with Crippen LogP contribution in [0.5, 0.6) is 5.75 Å². The summed E-state index contributed by atoms with van der Waals surface area (Å²) in [6.45, 7) is 5.82. The van der Waals surface area contributed by atoms with E-state index in [1.165, 1.54) is 18.0 Å². The summed E-state index contributed by atoms with van der Waals surface area (Å²) in [5, 5.41) is 9.99. The summed E-state index contributed by atoms with van der Waals surface area (Å²) in [6, 6.07) is 9.73. The Hall–Kier alpha value is -2.89. The predicted octanol–water partition coefficient (Wildman–Crippen LogP) is 2.78. The smallest absolute Gasteiger partial charge is 0.257 e. The van der Waals surface area contributed by atoms with E-state index in [1.54, 1.807) is 6.07 Å². The van der Waals surface area contributed by atoms with Gasteiger partial charge in [0.05, 0.1) is 17.8 Å². The molecule has 0 aliphatic carbocycles. The number of hydrogen-bond acceptors (Lipinski definition) is 4. The lowest BCUT2D eigenvalue weighted by atomic mass is 9.87. The van der Waals surface area contributed by atoms with E-state index in [1.807, 2.05) is 28.9 Å². The molecule has 146 valence electrons. The number of hydrogen-bond donors (Lipinski definition) is 1. The van der Waals surface area contributed by atoms with E-state index < -0.39 is 0 Å². The summed E-state index contributed by atoms with van der Waals surface area (Å²) in [5.41, 5.74) is 2.61. The van der Waals surface area contributed by atoms with Gasteiger partial charge < -0.3 is 14.9 Å². The third kappa shape index (κ3) is 3.03. The molecule has 4 rings (SSSR count). The Morgan fingerprint density at radius 3 is 2.68 bits per heavy atom. The number of rotatable bonds is 3. The Bertz CT molecular complexity index is 913. The largest absolute Gasteiger partial charge is 0.505 e. The zero-order valence-electron chi connectivity index (χ0n) is 16.2. The molecule has 1 aromatic heterocycles. The van der Waals surface area contributed by atoms with Crippen LogP contribution in [0.4, 0.5) is 0 Å². The molecule has 0 saturated carbocycles. The van der Waals surface area contributed by atoms with Crippen molar-refractivity contribution >= 4 is 11.8 Å². The number of nitrogens with zero attached hydrogens (tertiary/aromatic N) is 3. The number of pyridine rings is 1. The van der Waals surface area contributed by atoms with Crippen LogP contribution >= 0.6 is 0 Å². The van der Waals surface area contributed by atoms with Gasteiger partial charge in [-0.25, -0.2) is 0 Å². The molecular weight excluding hydrogens is 354 g/mol. The lowest BCUT2D eigenvalue weighted by Crippen LogP contribution is -2.37. The fourth-order valence-electron chi connectivity index (χ4n) is 4.73. The van der Waals surface area contributed by atoms with Crippen molar-refractivity contribution in [2.45, 2.75) is 26.3 Å². The van der Waals surface area contributed by atoms with Crippen LogP contribution in [-0.4, -0.2) is 51.3 Å². The van der Waals surface area contributed by atoms with Crippen molar-refractivity contribution in [1.29, 1.82) is 0 Å². The van der Waals surface area contributed by atoms with Gasteiger partial charge in [-0.15, -0.1) is 0 Å². The van der Waals surface area contributed by atoms with Crippen LogP contribution in [-0.2, 0) is 4.79 Å². The highest BCUT2D eigenvalue weighted by Crippen LogP contribution is 2.46. The number of aryl methyl sites for hydroxylation is 1. The standard InChI is InChI=1S/C22H25N3O3/c1-3-20(27)25-12-15-11-24(22(28)17-8-9-23-10-19(17)26)13-18(15)21(25)16-7-5-4-6-14(16)2/h4-10,15,18,21,26H,3,11-13H2,1-2H3/t15-,18-,21+/m0/s1. The van der Waals surface area contributed by atoms with Crippen LogP contribution in [0.25, 0.3) is 0 Å². The Morgan fingerprint density at radius 2 is 1.96 bits per heavy atom. The van der Waals surface area contributed by atoms with Crippen LogP contribution in [0, 0.1) is 18.8 Å². The van der Waals surface area contributed by atoms with Crippen LogP contribution in [0.3, 0.4) is 0 Å². The maximum absolute atomic E-state index is 12.9. The van der Waals surface area contributed by atoms with Gasteiger partial charge in [-0.05, 0) is 24.1 Å². The fourth-order valence-corrected chi connectivity index (χ4v) is 4.73. The van der Waals surface area contributed by atoms with E-state index in [0.717, 1.165) is 5.56 Å². The molecule has 0 unspecified atom stereocenters. The molecule has 2 amide bonds. The summed E-state index contributed by atoms with van der Waals surface area (Å²) >= 11 is 0. The van der Waals surface area contributed by atoms with Crippen molar-refractivity contribution in [3.63, 3.8) is 0 Å². The van der Waals surface area contributed by atoms with Crippen LogP contribution in [0.15, 0.2) is 42.7 Å².